The smallest absolute Gasteiger partial charge is 0.196 e. The summed E-state index contributed by atoms with van der Waals surface area (Å²) in [5.41, 5.74) is 3.34. The predicted molar refractivity (Wildman–Crippen MR) is 92.7 cm³/mol. The maximum Gasteiger partial charge on any atom is 0.196 e. The van der Waals surface area contributed by atoms with Crippen molar-refractivity contribution in [3.8, 4) is 0 Å². The molecule has 0 fully saturated rings. The molecule has 0 unspecified atom stereocenters. The van der Waals surface area contributed by atoms with Crippen molar-refractivity contribution in [1.82, 2.24) is 0 Å². The van der Waals surface area contributed by atoms with Crippen LogP contribution in [0.1, 0.15) is 51.6 Å². The number of benzene rings is 2. The first kappa shape index (κ1) is 15.3. The fourth-order valence-electron chi connectivity index (χ4n) is 2.98. The number of anilines is 2. The monoisotopic (exact) mass is 308 g/mol. The molecule has 2 N–H and O–H groups in total. The number of hydrogen-bond acceptors (Lipinski definition) is 4. The zero-order chi connectivity index (χ0) is 16.4. The van der Waals surface area contributed by atoms with E-state index in [1.54, 1.807) is 31.3 Å². The molecule has 0 bridgehead atoms. The molecule has 1 aliphatic rings. The number of ketones is 2. The van der Waals surface area contributed by atoms with Crippen LogP contribution in [-0.4, -0.2) is 25.2 Å². The van der Waals surface area contributed by atoms with Gasteiger partial charge in [-0.3, -0.25) is 9.59 Å². The Morgan fingerprint density at radius 2 is 1.43 bits per heavy atom. The van der Waals surface area contributed by atoms with E-state index < -0.39 is 0 Å². The highest BCUT2D eigenvalue weighted by Gasteiger charge is 2.33. The zero-order valence-electron chi connectivity index (χ0n) is 13.4. The second-order valence-electron chi connectivity index (χ2n) is 5.64. The third kappa shape index (κ3) is 2.50. The third-order valence-corrected chi connectivity index (χ3v) is 4.19. The van der Waals surface area contributed by atoms with Crippen LogP contribution in [0.2, 0.25) is 0 Å². The van der Waals surface area contributed by atoms with Crippen molar-refractivity contribution < 1.29 is 9.59 Å². The SMILES string of the molecule is CCCCNc1ccc(NC)c2c1C(=O)c1ccccc1C2=O. The summed E-state index contributed by atoms with van der Waals surface area (Å²) in [6, 6.07) is 10.7. The van der Waals surface area contributed by atoms with Gasteiger partial charge in [-0.15, -0.1) is 0 Å². The fourth-order valence-corrected chi connectivity index (χ4v) is 2.98. The van der Waals surface area contributed by atoms with Gasteiger partial charge in [0.1, 0.15) is 0 Å². The minimum atomic E-state index is -0.0984. The Labute approximate surface area is 135 Å². The molecular weight excluding hydrogens is 288 g/mol. The normalized spacial score (nSPS) is 12.6. The van der Waals surface area contributed by atoms with Crippen LogP contribution in [0.4, 0.5) is 11.4 Å². The highest BCUT2D eigenvalue weighted by molar-refractivity contribution is 6.31. The average molecular weight is 308 g/mol. The number of carbonyl (C=O) groups excluding carboxylic acids is 2. The van der Waals surface area contributed by atoms with Crippen LogP contribution >= 0.6 is 0 Å². The molecule has 23 heavy (non-hydrogen) atoms. The topological polar surface area (TPSA) is 58.2 Å². The van der Waals surface area contributed by atoms with Gasteiger partial charge in [0.25, 0.3) is 0 Å². The van der Waals surface area contributed by atoms with Crippen LogP contribution in [0, 0.1) is 0 Å². The summed E-state index contributed by atoms with van der Waals surface area (Å²) in [5.74, 6) is -0.190. The number of carbonyl (C=O) groups is 2. The van der Waals surface area contributed by atoms with Gasteiger partial charge in [-0.05, 0) is 18.6 Å². The Morgan fingerprint density at radius 1 is 0.870 bits per heavy atom. The molecule has 0 amide bonds. The van der Waals surface area contributed by atoms with E-state index in [0.29, 0.717) is 27.9 Å². The van der Waals surface area contributed by atoms with Crippen molar-refractivity contribution in [2.45, 2.75) is 19.8 Å². The van der Waals surface area contributed by atoms with Gasteiger partial charge in [0.2, 0.25) is 0 Å². The molecule has 4 heteroatoms. The van der Waals surface area contributed by atoms with E-state index in [4.69, 9.17) is 0 Å². The van der Waals surface area contributed by atoms with E-state index >= 15 is 0 Å². The van der Waals surface area contributed by atoms with Gasteiger partial charge in [0, 0.05) is 36.1 Å². The van der Waals surface area contributed by atoms with Gasteiger partial charge < -0.3 is 10.6 Å². The van der Waals surface area contributed by atoms with Crippen molar-refractivity contribution in [2.24, 2.45) is 0 Å². The fraction of sp³-hybridized carbons (Fsp3) is 0.263. The second-order valence-corrected chi connectivity index (χ2v) is 5.64. The van der Waals surface area contributed by atoms with Crippen molar-refractivity contribution in [3.05, 3.63) is 58.7 Å². The Morgan fingerprint density at radius 3 is 2.00 bits per heavy atom. The molecule has 0 saturated heterocycles. The summed E-state index contributed by atoms with van der Waals surface area (Å²) in [6.07, 6.45) is 2.08. The van der Waals surface area contributed by atoms with Crippen LogP contribution in [0.5, 0.6) is 0 Å². The molecule has 0 heterocycles. The molecule has 0 radical (unpaired) electrons. The Hall–Kier alpha value is -2.62. The molecule has 4 nitrogen and oxygen atoms in total. The first-order valence-electron chi connectivity index (χ1n) is 7.96. The number of nitrogens with one attached hydrogen (secondary N) is 2. The molecule has 0 aliphatic heterocycles. The Kier molecular flexibility index (Phi) is 4.15. The van der Waals surface area contributed by atoms with Gasteiger partial charge in [-0.25, -0.2) is 0 Å². The van der Waals surface area contributed by atoms with Crippen LogP contribution in [0.25, 0.3) is 0 Å². The van der Waals surface area contributed by atoms with Crippen LogP contribution in [0.3, 0.4) is 0 Å². The van der Waals surface area contributed by atoms with Crippen molar-refractivity contribution in [2.75, 3.05) is 24.2 Å². The first-order chi connectivity index (χ1) is 11.2. The number of hydrogen-bond donors (Lipinski definition) is 2. The number of rotatable bonds is 5. The average Bonchev–Trinajstić information content (AvgIpc) is 2.59. The Balaban J connectivity index is 2.16. The predicted octanol–water partition coefficient (Wildman–Crippen LogP) is 3.72. The molecule has 2 aromatic rings. The third-order valence-electron chi connectivity index (χ3n) is 4.19. The van der Waals surface area contributed by atoms with E-state index in [1.165, 1.54) is 0 Å². The number of fused-ring (bicyclic) bond motifs is 2. The molecule has 0 saturated carbocycles. The quantitative estimate of drug-likeness (QED) is 0.705. The second kappa shape index (κ2) is 6.24. The minimum absolute atomic E-state index is 0.0914. The van der Waals surface area contributed by atoms with Crippen LogP contribution < -0.4 is 10.6 Å². The van der Waals surface area contributed by atoms with Gasteiger partial charge >= 0.3 is 0 Å². The van der Waals surface area contributed by atoms with E-state index in [2.05, 4.69) is 17.6 Å². The summed E-state index contributed by atoms with van der Waals surface area (Å²) in [6.45, 7) is 2.90. The Bertz CT molecular complexity index is 781. The maximum atomic E-state index is 13.0. The summed E-state index contributed by atoms with van der Waals surface area (Å²) >= 11 is 0. The van der Waals surface area contributed by atoms with Gasteiger partial charge in [-0.2, -0.15) is 0 Å². The highest BCUT2D eigenvalue weighted by Crippen LogP contribution is 2.36. The van der Waals surface area contributed by atoms with Crippen molar-refractivity contribution in [3.63, 3.8) is 0 Å². The lowest BCUT2D eigenvalue weighted by Gasteiger charge is -2.23. The summed E-state index contributed by atoms with van der Waals surface area (Å²) in [5, 5.41) is 6.34. The molecule has 2 aromatic carbocycles. The van der Waals surface area contributed by atoms with E-state index in [0.717, 1.165) is 25.1 Å². The lowest BCUT2D eigenvalue weighted by Crippen LogP contribution is -2.24. The van der Waals surface area contributed by atoms with E-state index in [9.17, 15) is 9.59 Å². The standard InChI is InChI=1S/C19H20N2O2/c1-3-4-11-21-15-10-9-14(20-2)16-17(15)19(23)13-8-6-5-7-12(13)18(16)22/h5-10,20-21H,3-4,11H2,1-2H3. The summed E-state index contributed by atoms with van der Waals surface area (Å²) in [7, 11) is 1.76. The lowest BCUT2D eigenvalue weighted by atomic mass is 9.82. The molecule has 3 rings (SSSR count). The largest absolute Gasteiger partial charge is 0.388 e. The van der Waals surface area contributed by atoms with Crippen molar-refractivity contribution >= 4 is 22.9 Å². The zero-order valence-corrected chi connectivity index (χ0v) is 13.4. The summed E-state index contributed by atoms with van der Waals surface area (Å²) < 4.78 is 0. The highest BCUT2D eigenvalue weighted by atomic mass is 16.1. The first-order valence-corrected chi connectivity index (χ1v) is 7.96. The molecule has 0 spiro atoms. The lowest BCUT2D eigenvalue weighted by molar-refractivity contribution is 0.0980. The van der Waals surface area contributed by atoms with E-state index in [-0.39, 0.29) is 11.6 Å². The minimum Gasteiger partial charge on any atom is -0.388 e. The molecule has 0 atom stereocenters. The van der Waals surface area contributed by atoms with Gasteiger partial charge in [0.05, 0.1) is 11.1 Å². The van der Waals surface area contributed by atoms with Gasteiger partial charge in [0.15, 0.2) is 11.6 Å². The van der Waals surface area contributed by atoms with E-state index in [1.807, 2.05) is 12.1 Å². The van der Waals surface area contributed by atoms with Gasteiger partial charge in [-0.1, -0.05) is 37.6 Å². The molecular formula is C19H20N2O2. The van der Waals surface area contributed by atoms with Crippen LogP contribution in [0.15, 0.2) is 36.4 Å². The molecule has 0 aromatic heterocycles. The molecule has 118 valence electrons. The number of unbranched alkanes of at least 4 members (excludes halogenated alkanes) is 1. The molecule has 1 aliphatic carbocycles. The van der Waals surface area contributed by atoms with Crippen molar-refractivity contribution in [1.29, 1.82) is 0 Å². The summed E-state index contributed by atoms with van der Waals surface area (Å²) in [4.78, 5) is 25.9. The maximum absolute atomic E-state index is 13.0. The van der Waals surface area contributed by atoms with Crippen LogP contribution in [-0.2, 0) is 0 Å².